The molecule has 0 radical (unpaired) electrons. The van der Waals surface area contributed by atoms with Crippen LogP contribution in [0, 0.1) is 0 Å². The number of likely N-dealkylation sites (N-methyl/N-ethyl adjacent to an activating group) is 1. The Bertz CT molecular complexity index is 438. The lowest BCUT2D eigenvalue weighted by Gasteiger charge is -2.20. The van der Waals surface area contributed by atoms with E-state index in [4.69, 9.17) is 14.2 Å². The largest absolute Gasteiger partial charge is 0.454 e. The molecule has 5 nitrogen and oxygen atoms in total. The maximum Gasteiger partial charge on any atom is 0.231 e. The first-order valence-electron chi connectivity index (χ1n) is 7.52. The molecule has 1 aliphatic rings. The van der Waals surface area contributed by atoms with E-state index in [0.717, 1.165) is 30.0 Å². The molecule has 1 N–H and O–H groups in total. The second kappa shape index (κ2) is 8.22. The standard InChI is InChI=1S/C16H25NO4/c1-3-4-7-17(2)9-14(18)11-19-10-13-5-6-15-16(8-13)21-12-20-15/h5-6,8,14,18H,3-4,7,9-12H2,1-2H3. The van der Waals surface area contributed by atoms with Crippen LogP contribution in [0.3, 0.4) is 0 Å². The van der Waals surface area contributed by atoms with E-state index in [9.17, 15) is 5.11 Å². The molecule has 0 fully saturated rings. The van der Waals surface area contributed by atoms with E-state index in [1.807, 2.05) is 25.2 Å². The summed E-state index contributed by atoms with van der Waals surface area (Å²) in [6.45, 7) is 4.90. The lowest BCUT2D eigenvalue weighted by atomic mass is 10.2. The fourth-order valence-electron chi connectivity index (χ4n) is 2.28. The molecule has 118 valence electrons. The molecule has 0 saturated carbocycles. The number of hydrogen-bond acceptors (Lipinski definition) is 5. The topological polar surface area (TPSA) is 51.2 Å². The number of benzene rings is 1. The number of rotatable bonds is 9. The minimum absolute atomic E-state index is 0.280. The van der Waals surface area contributed by atoms with Gasteiger partial charge in [0, 0.05) is 6.54 Å². The van der Waals surface area contributed by atoms with Crippen molar-refractivity contribution < 1.29 is 19.3 Å². The first-order valence-corrected chi connectivity index (χ1v) is 7.52. The van der Waals surface area contributed by atoms with Crippen molar-refractivity contribution in [2.75, 3.05) is 33.5 Å². The zero-order chi connectivity index (χ0) is 15.1. The highest BCUT2D eigenvalue weighted by molar-refractivity contribution is 5.44. The van der Waals surface area contributed by atoms with Gasteiger partial charge in [0.05, 0.1) is 19.3 Å². The Hall–Kier alpha value is -1.30. The molecule has 0 amide bonds. The number of hydrogen-bond donors (Lipinski definition) is 1. The van der Waals surface area contributed by atoms with Gasteiger partial charge in [-0.2, -0.15) is 0 Å². The monoisotopic (exact) mass is 295 g/mol. The van der Waals surface area contributed by atoms with E-state index < -0.39 is 6.10 Å². The van der Waals surface area contributed by atoms with Crippen LogP contribution in [0.15, 0.2) is 18.2 Å². The molecule has 1 heterocycles. The molecule has 1 atom stereocenters. The summed E-state index contributed by atoms with van der Waals surface area (Å²) in [4.78, 5) is 2.14. The maximum atomic E-state index is 9.94. The Morgan fingerprint density at radius 2 is 2.14 bits per heavy atom. The minimum Gasteiger partial charge on any atom is -0.454 e. The summed E-state index contributed by atoms with van der Waals surface area (Å²) in [6, 6.07) is 5.76. The molecule has 1 unspecified atom stereocenters. The van der Waals surface area contributed by atoms with E-state index in [2.05, 4.69) is 11.8 Å². The molecule has 1 aromatic rings. The molecular formula is C16H25NO4. The molecule has 1 aromatic carbocycles. The second-order valence-corrected chi connectivity index (χ2v) is 5.47. The fraction of sp³-hybridized carbons (Fsp3) is 0.625. The molecular weight excluding hydrogens is 270 g/mol. The predicted molar refractivity (Wildman–Crippen MR) is 80.6 cm³/mol. The molecule has 0 saturated heterocycles. The summed E-state index contributed by atoms with van der Waals surface area (Å²) in [6.07, 6.45) is 1.86. The molecule has 0 aromatic heterocycles. The summed E-state index contributed by atoms with van der Waals surface area (Å²) < 4.78 is 16.2. The molecule has 0 spiro atoms. The number of aliphatic hydroxyl groups excluding tert-OH is 1. The van der Waals surface area contributed by atoms with Crippen molar-refractivity contribution in [1.29, 1.82) is 0 Å². The third kappa shape index (κ3) is 5.19. The third-order valence-electron chi connectivity index (χ3n) is 3.43. The molecule has 2 rings (SSSR count). The Balaban J connectivity index is 1.67. The summed E-state index contributed by atoms with van der Waals surface area (Å²) >= 11 is 0. The Kier molecular flexibility index (Phi) is 6.29. The number of fused-ring (bicyclic) bond motifs is 1. The summed E-state index contributed by atoms with van der Waals surface area (Å²) in [5, 5.41) is 9.94. The second-order valence-electron chi connectivity index (χ2n) is 5.47. The average Bonchev–Trinajstić information content (AvgIpc) is 2.92. The summed E-state index contributed by atoms with van der Waals surface area (Å²) in [5.74, 6) is 1.53. The van der Waals surface area contributed by atoms with Crippen LogP contribution in [0.25, 0.3) is 0 Å². The van der Waals surface area contributed by atoms with Crippen molar-refractivity contribution in [2.45, 2.75) is 32.5 Å². The number of aliphatic hydroxyl groups is 1. The zero-order valence-electron chi connectivity index (χ0n) is 12.9. The Labute approximate surface area is 126 Å². The van der Waals surface area contributed by atoms with Crippen LogP contribution in [0.5, 0.6) is 11.5 Å². The van der Waals surface area contributed by atoms with Crippen molar-refractivity contribution in [3.05, 3.63) is 23.8 Å². The van der Waals surface area contributed by atoms with Crippen LogP contribution in [0.4, 0.5) is 0 Å². The van der Waals surface area contributed by atoms with Gasteiger partial charge in [0.1, 0.15) is 0 Å². The summed E-state index contributed by atoms with van der Waals surface area (Å²) in [5.41, 5.74) is 1.02. The molecule has 21 heavy (non-hydrogen) atoms. The third-order valence-corrected chi connectivity index (χ3v) is 3.43. The van der Waals surface area contributed by atoms with Gasteiger partial charge >= 0.3 is 0 Å². The number of unbranched alkanes of at least 4 members (excludes halogenated alkanes) is 1. The van der Waals surface area contributed by atoms with Crippen LogP contribution in [0.1, 0.15) is 25.3 Å². The average molecular weight is 295 g/mol. The number of nitrogens with zero attached hydrogens (tertiary/aromatic N) is 1. The van der Waals surface area contributed by atoms with Crippen molar-refractivity contribution in [2.24, 2.45) is 0 Å². The SMILES string of the molecule is CCCCN(C)CC(O)COCc1ccc2c(c1)OCO2. The van der Waals surface area contributed by atoms with Gasteiger partial charge in [-0.15, -0.1) is 0 Å². The normalized spacial score (nSPS) is 14.7. The Morgan fingerprint density at radius 1 is 1.33 bits per heavy atom. The molecule has 5 heteroatoms. The number of ether oxygens (including phenoxy) is 3. The Morgan fingerprint density at radius 3 is 2.95 bits per heavy atom. The van der Waals surface area contributed by atoms with Crippen molar-refractivity contribution >= 4 is 0 Å². The van der Waals surface area contributed by atoms with Gasteiger partial charge in [0.2, 0.25) is 6.79 Å². The van der Waals surface area contributed by atoms with E-state index >= 15 is 0 Å². The van der Waals surface area contributed by atoms with Gasteiger partial charge in [0.15, 0.2) is 11.5 Å². The fourth-order valence-corrected chi connectivity index (χ4v) is 2.28. The van der Waals surface area contributed by atoms with Gasteiger partial charge < -0.3 is 24.2 Å². The van der Waals surface area contributed by atoms with Gasteiger partial charge in [-0.3, -0.25) is 0 Å². The minimum atomic E-state index is -0.458. The van der Waals surface area contributed by atoms with Gasteiger partial charge in [-0.25, -0.2) is 0 Å². The zero-order valence-corrected chi connectivity index (χ0v) is 12.9. The highest BCUT2D eigenvalue weighted by atomic mass is 16.7. The van der Waals surface area contributed by atoms with E-state index in [-0.39, 0.29) is 6.79 Å². The van der Waals surface area contributed by atoms with Crippen molar-refractivity contribution in [1.82, 2.24) is 4.90 Å². The van der Waals surface area contributed by atoms with E-state index in [1.54, 1.807) is 0 Å². The molecule has 1 aliphatic heterocycles. The van der Waals surface area contributed by atoms with Gasteiger partial charge in [0.25, 0.3) is 0 Å². The van der Waals surface area contributed by atoms with Crippen LogP contribution >= 0.6 is 0 Å². The molecule has 0 bridgehead atoms. The highest BCUT2D eigenvalue weighted by Crippen LogP contribution is 2.32. The van der Waals surface area contributed by atoms with Crippen LogP contribution < -0.4 is 9.47 Å². The van der Waals surface area contributed by atoms with Crippen molar-refractivity contribution in [3.8, 4) is 11.5 Å². The highest BCUT2D eigenvalue weighted by Gasteiger charge is 2.13. The van der Waals surface area contributed by atoms with Gasteiger partial charge in [-0.1, -0.05) is 19.4 Å². The molecule has 0 aliphatic carbocycles. The lowest BCUT2D eigenvalue weighted by molar-refractivity contribution is 0.0136. The van der Waals surface area contributed by atoms with Crippen LogP contribution in [-0.2, 0) is 11.3 Å². The van der Waals surface area contributed by atoms with Gasteiger partial charge in [-0.05, 0) is 37.7 Å². The van der Waals surface area contributed by atoms with Crippen LogP contribution in [0.2, 0.25) is 0 Å². The maximum absolute atomic E-state index is 9.94. The smallest absolute Gasteiger partial charge is 0.231 e. The van der Waals surface area contributed by atoms with Crippen LogP contribution in [-0.4, -0.2) is 49.6 Å². The van der Waals surface area contributed by atoms with E-state index in [1.165, 1.54) is 6.42 Å². The predicted octanol–water partition coefficient (Wildman–Crippen LogP) is 2.02. The van der Waals surface area contributed by atoms with Crippen molar-refractivity contribution in [3.63, 3.8) is 0 Å². The lowest BCUT2D eigenvalue weighted by Crippen LogP contribution is -2.32. The quantitative estimate of drug-likeness (QED) is 0.755. The first kappa shape index (κ1) is 16.1. The first-order chi connectivity index (χ1) is 10.2. The summed E-state index contributed by atoms with van der Waals surface area (Å²) in [7, 11) is 2.02. The van der Waals surface area contributed by atoms with E-state index in [0.29, 0.717) is 19.8 Å².